The van der Waals surface area contributed by atoms with Gasteiger partial charge in [-0.25, -0.2) is 9.67 Å². The quantitative estimate of drug-likeness (QED) is 0.822. The van der Waals surface area contributed by atoms with Crippen molar-refractivity contribution in [3.8, 4) is 0 Å². The number of rotatable bonds is 2. The lowest BCUT2D eigenvalue weighted by molar-refractivity contribution is 0.431. The van der Waals surface area contributed by atoms with Crippen LogP contribution in [0.25, 0.3) is 0 Å². The van der Waals surface area contributed by atoms with E-state index in [0.717, 1.165) is 30.3 Å². The number of nitrogens with zero attached hydrogens (tertiary/aromatic N) is 3. The van der Waals surface area contributed by atoms with Gasteiger partial charge in [0, 0.05) is 24.6 Å². The molecular formula is C14H18N4. The van der Waals surface area contributed by atoms with Crippen LogP contribution in [0.5, 0.6) is 0 Å². The Hall–Kier alpha value is -1.84. The lowest BCUT2D eigenvalue weighted by Gasteiger charge is -2.17. The highest BCUT2D eigenvalue weighted by Gasteiger charge is 2.20. The molecule has 4 nitrogen and oxygen atoms in total. The van der Waals surface area contributed by atoms with E-state index in [2.05, 4.69) is 21.7 Å². The number of hydrogen-bond acceptors (Lipinski definition) is 3. The third-order valence-electron chi connectivity index (χ3n) is 3.53. The van der Waals surface area contributed by atoms with Crippen molar-refractivity contribution >= 4 is 5.69 Å². The first kappa shape index (κ1) is 11.3. The third kappa shape index (κ3) is 2.10. The smallest absolute Gasteiger partial charge is 0.155 e. The first-order chi connectivity index (χ1) is 8.72. The highest BCUT2D eigenvalue weighted by Crippen LogP contribution is 2.24. The molecule has 18 heavy (non-hydrogen) atoms. The van der Waals surface area contributed by atoms with Crippen LogP contribution in [-0.2, 0) is 13.0 Å². The van der Waals surface area contributed by atoms with Crippen LogP contribution in [0.3, 0.4) is 0 Å². The number of aryl methyl sites for hydroxylation is 1. The molecule has 0 aliphatic carbocycles. The fourth-order valence-corrected chi connectivity index (χ4v) is 2.50. The summed E-state index contributed by atoms with van der Waals surface area (Å²) in [5.74, 6) is 2.60. The minimum Gasteiger partial charge on any atom is -0.399 e. The van der Waals surface area contributed by atoms with E-state index in [0.29, 0.717) is 5.92 Å². The number of nitrogens with two attached hydrogens (primary N) is 1. The number of benzene rings is 1. The lowest BCUT2D eigenvalue weighted by Crippen LogP contribution is -2.14. The minimum absolute atomic E-state index is 0.534. The van der Waals surface area contributed by atoms with E-state index in [4.69, 9.17) is 5.73 Å². The van der Waals surface area contributed by atoms with Crippen molar-refractivity contribution in [1.29, 1.82) is 0 Å². The molecule has 0 spiro atoms. The molecule has 1 atom stereocenters. The molecule has 2 aromatic rings. The molecule has 1 aromatic carbocycles. The summed E-state index contributed by atoms with van der Waals surface area (Å²) in [6.07, 6.45) is 3.21. The van der Waals surface area contributed by atoms with Gasteiger partial charge in [-0.2, -0.15) is 5.10 Å². The van der Waals surface area contributed by atoms with E-state index in [9.17, 15) is 0 Å². The molecule has 3 rings (SSSR count). The average Bonchev–Trinajstić information content (AvgIpc) is 2.76. The number of hydrogen-bond donors (Lipinski definition) is 1. The molecule has 2 heterocycles. The number of aromatic nitrogens is 3. The Morgan fingerprint density at radius 2 is 2.11 bits per heavy atom. The zero-order valence-corrected chi connectivity index (χ0v) is 10.6. The van der Waals surface area contributed by atoms with Gasteiger partial charge in [0.25, 0.3) is 0 Å². The van der Waals surface area contributed by atoms with Gasteiger partial charge < -0.3 is 5.73 Å². The van der Waals surface area contributed by atoms with Crippen molar-refractivity contribution in [2.24, 2.45) is 0 Å². The van der Waals surface area contributed by atoms with Crippen LogP contribution in [0.15, 0.2) is 24.3 Å². The standard InChI is InChI=1S/C14H18N4/c1-10-3-2-8-18-14(10)16-13(17-18)9-11-4-6-12(15)7-5-11/h4-7,10H,2-3,8-9,15H2,1H3. The molecule has 94 valence electrons. The van der Waals surface area contributed by atoms with Gasteiger partial charge in [-0.3, -0.25) is 0 Å². The van der Waals surface area contributed by atoms with Gasteiger partial charge in [0.05, 0.1) is 0 Å². The second kappa shape index (κ2) is 4.44. The fraction of sp³-hybridized carbons (Fsp3) is 0.429. The van der Waals surface area contributed by atoms with Crippen molar-refractivity contribution in [3.63, 3.8) is 0 Å². The molecule has 2 N–H and O–H groups in total. The highest BCUT2D eigenvalue weighted by atomic mass is 15.4. The molecule has 1 aliphatic rings. The van der Waals surface area contributed by atoms with Gasteiger partial charge in [-0.1, -0.05) is 19.1 Å². The molecule has 4 heteroatoms. The Bertz CT molecular complexity index is 541. The largest absolute Gasteiger partial charge is 0.399 e. The third-order valence-corrected chi connectivity index (χ3v) is 3.53. The molecule has 0 saturated heterocycles. The van der Waals surface area contributed by atoms with Crippen LogP contribution < -0.4 is 5.73 Å². The van der Waals surface area contributed by atoms with E-state index in [-0.39, 0.29) is 0 Å². The van der Waals surface area contributed by atoms with Crippen LogP contribution in [0.4, 0.5) is 5.69 Å². The predicted molar refractivity (Wildman–Crippen MR) is 71.3 cm³/mol. The number of anilines is 1. The Morgan fingerprint density at radius 3 is 2.83 bits per heavy atom. The molecule has 1 unspecified atom stereocenters. The number of nitrogen functional groups attached to an aromatic ring is 1. The van der Waals surface area contributed by atoms with Crippen molar-refractivity contribution in [2.75, 3.05) is 5.73 Å². The normalized spacial score (nSPS) is 18.6. The monoisotopic (exact) mass is 242 g/mol. The summed E-state index contributed by atoms with van der Waals surface area (Å²) in [7, 11) is 0. The van der Waals surface area contributed by atoms with E-state index in [1.165, 1.54) is 18.4 Å². The van der Waals surface area contributed by atoms with Crippen LogP contribution in [0.2, 0.25) is 0 Å². The molecular weight excluding hydrogens is 224 g/mol. The first-order valence-corrected chi connectivity index (χ1v) is 6.50. The van der Waals surface area contributed by atoms with Crippen molar-refractivity contribution in [3.05, 3.63) is 41.5 Å². The van der Waals surface area contributed by atoms with E-state index >= 15 is 0 Å². The van der Waals surface area contributed by atoms with Gasteiger partial charge in [0.1, 0.15) is 5.82 Å². The van der Waals surface area contributed by atoms with E-state index < -0.39 is 0 Å². The van der Waals surface area contributed by atoms with Crippen molar-refractivity contribution in [1.82, 2.24) is 14.8 Å². The molecule has 1 aliphatic heterocycles. The number of fused-ring (bicyclic) bond motifs is 1. The molecule has 0 bridgehead atoms. The summed E-state index contributed by atoms with van der Waals surface area (Å²) in [5.41, 5.74) is 7.69. The summed E-state index contributed by atoms with van der Waals surface area (Å²) in [6.45, 7) is 3.24. The Balaban J connectivity index is 1.83. The maximum Gasteiger partial charge on any atom is 0.155 e. The average molecular weight is 242 g/mol. The van der Waals surface area contributed by atoms with E-state index in [1.807, 2.05) is 24.3 Å². The van der Waals surface area contributed by atoms with Crippen LogP contribution >= 0.6 is 0 Å². The van der Waals surface area contributed by atoms with Crippen LogP contribution in [0, 0.1) is 0 Å². The summed E-state index contributed by atoms with van der Waals surface area (Å²) < 4.78 is 2.07. The topological polar surface area (TPSA) is 56.7 Å². The maximum absolute atomic E-state index is 5.68. The molecule has 0 fully saturated rings. The van der Waals surface area contributed by atoms with Gasteiger partial charge in [0.2, 0.25) is 0 Å². The van der Waals surface area contributed by atoms with Gasteiger partial charge >= 0.3 is 0 Å². The second-order valence-electron chi connectivity index (χ2n) is 5.07. The summed E-state index contributed by atoms with van der Waals surface area (Å²) in [6, 6.07) is 7.93. The predicted octanol–water partition coefficient (Wildman–Crippen LogP) is 2.35. The Morgan fingerprint density at radius 1 is 1.33 bits per heavy atom. The SMILES string of the molecule is CC1CCCn2nc(Cc3ccc(N)cc3)nc21. The van der Waals surface area contributed by atoms with Crippen LogP contribution in [-0.4, -0.2) is 14.8 Å². The molecule has 0 saturated carbocycles. The van der Waals surface area contributed by atoms with Crippen molar-refractivity contribution < 1.29 is 0 Å². The lowest BCUT2D eigenvalue weighted by atomic mass is 10.0. The molecule has 0 amide bonds. The van der Waals surface area contributed by atoms with Crippen molar-refractivity contribution in [2.45, 2.75) is 38.6 Å². The summed E-state index contributed by atoms with van der Waals surface area (Å²) >= 11 is 0. The first-order valence-electron chi connectivity index (χ1n) is 6.50. The zero-order chi connectivity index (χ0) is 12.5. The Kier molecular flexibility index (Phi) is 2.78. The Labute approximate surface area is 107 Å². The van der Waals surface area contributed by atoms with Gasteiger partial charge in [0.15, 0.2) is 5.82 Å². The van der Waals surface area contributed by atoms with E-state index in [1.54, 1.807) is 0 Å². The maximum atomic E-state index is 5.68. The van der Waals surface area contributed by atoms with Gasteiger partial charge in [-0.15, -0.1) is 0 Å². The molecule has 1 aromatic heterocycles. The highest BCUT2D eigenvalue weighted by molar-refractivity contribution is 5.39. The summed E-state index contributed by atoms with van der Waals surface area (Å²) in [4.78, 5) is 4.67. The van der Waals surface area contributed by atoms with Gasteiger partial charge in [-0.05, 0) is 30.5 Å². The molecule has 0 radical (unpaired) electrons. The summed E-state index contributed by atoms with van der Waals surface area (Å²) in [5, 5.41) is 4.59. The minimum atomic E-state index is 0.534. The fourth-order valence-electron chi connectivity index (χ4n) is 2.50. The second-order valence-corrected chi connectivity index (χ2v) is 5.07. The van der Waals surface area contributed by atoms with Crippen LogP contribution in [0.1, 0.15) is 42.9 Å². The zero-order valence-electron chi connectivity index (χ0n) is 10.6.